The van der Waals surface area contributed by atoms with Crippen molar-refractivity contribution in [1.29, 1.82) is 0 Å². The van der Waals surface area contributed by atoms with Crippen molar-refractivity contribution in [1.82, 2.24) is 10.2 Å². The van der Waals surface area contributed by atoms with Crippen molar-refractivity contribution in [3.63, 3.8) is 0 Å². The summed E-state index contributed by atoms with van der Waals surface area (Å²) in [5.41, 5.74) is 0.512. The quantitative estimate of drug-likeness (QED) is 0.409. The van der Waals surface area contributed by atoms with Crippen LogP contribution in [0.15, 0.2) is 34.8 Å². The van der Waals surface area contributed by atoms with Gasteiger partial charge in [0.05, 0.1) is 16.3 Å². The molecule has 2 bridgehead atoms. The number of hydrogen-bond acceptors (Lipinski definition) is 3. The summed E-state index contributed by atoms with van der Waals surface area (Å²) in [4.78, 5) is 29.0. The summed E-state index contributed by atoms with van der Waals surface area (Å²) >= 11 is 3.14. The van der Waals surface area contributed by atoms with Gasteiger partial charge in [0, 0.05) is 12.2 Å². The van der Waals surface area contributed by atoms with E-state index in [0.29, 0.717) is 16.7 Å². The van der Waals surface area contributed by atoms with Crippen LogP contribution in [0.25, 0.3) is 0 Å². The first-order valence-corrected chi connectivity index (χ1v) is 12.7. The zero-order chi connectivity index (χ0) is 22.3. The number of halogens is 2. The topological polar surface area (TPSA) is 61.4 Å². The van der Waals surface area contributed by atoms with E-state index in [2.05, 4.69) is 43.6 Å². The van der Waals surface area contributed by atoms with Crippen molar-refractivity contribution in [2.45, 2.75) is 38.5 Å². The summed E-state index contributed by atoms with van der Waals surface area (Å²) in [7, 11) is 0. The van der Waals surface area contributed by atoms with E-state index in [-0.39, 0.29) is 35.0 Å². The fourth-order valence-electron chi connectivity index (χ4n) is 6.31. The predicted molar refractivity (Wildman–Crippen MR) is 125 cm³/mol. The van der Waals surface area contributed by atoms with Crippen LogP contribution in [0.4, 0.5) is 10.1 Å². The lowest BCUT2D eigenvalue weighted by Crippen LogP contribution is -2.42. The summed E-state index contributed by atoms with van der Waals surface area (Å²) in [6.45, 7) is 4.16. The molecule has 5 rings (SSSR count). The second-order valence-corrected chi connectivity index (χ2v) is 10.7. The molecule has 2 N–H and O–H groups in total. The number of carbonyl (C=O) groups is 2. The van der Waals surface area contributed by atoms with Crippen LogP contribution < -0.4 is 10.6 Å². The van der Waals surface area contributed by atoms with Crippen LogP contribution in [-0.4, -0.2) is 42.9 Å². The van der Waals surface area contributed by atoms with Crippen LogP contribution in [0.2, 0.25) is 0 Å². The summed E-state index contributed by atoms with van der Waals surface area (Å²) in [6, 6.07) is 4.57. The van der Waals surface area contributed by atoms with Gasteiger partial charge < -0.3 is 15.5 Å². The standard InChI is InChI=1S/C25H31BrFN3O2/c26-19-8-5-16(15-20(19)27)29-24(32)22-18-7-6-17(25(18)9-10-25)21(22)23(31)28-11-1-2-12-30-13-3-4-14-30/h5-8,15,17-18,21-22H,1-4,9-14H2,(H,28,31)(H,29,32)/t17-,18-,21-,22-/m1/s1. The predicted octanol–water partition coefficient (Wildman–Crippen LogP) is 4.35. The van der Waals surface area contributed by atoms with Crippen LogP contribution >= 0.6 is 15.9 Å². The Hall–Kier alpha value is -1.73. The van der Waals surface area contributed by atoms with Crippen LogP contribution in [0.1, 0.15) is 38.5 Å². The minimum Gasteiger partial charge on any atom is -0.356 e. The molecular weight excluding hydrogens is 473 g/mol. The average molecular weight is 504 g/mol. The van der Waals surface area contributed by atoms with E-state index < -0.39 is 11.7 Å². The molecule has 1 spiro atoms. The SMILES string of the molecule is O=C(NCCCCN1CCCC1)[C@H]1[C@H](C(=O)Nc2ccc(Br)c(F)c2)[C@H]2C=C[C@H]1C21CC1. The number of allylic oxidation sites excluding steroid dienone is 2. The summed E-state index contributed by atoms with van der Waals surface area (Å²) < 4.78 is 14.3. The lowest BCUT2D eigenvalue weighted by Gasteiger charge is -2.26. The number of nitrogens with one attached hydrogen (secondary N) is 2. The first-order chi connectivity index (χ1) is 15.5. The molecule has 7 heteroatoms. The Morgan fingerprint density at radius 1 is 1.06 bits per heavy atom. The highest BCUT2D eigenvalue weighted by Crippen LogP contribution is 2.72. The highest BCUT2D eigenvalue weighted by atomic mass is 79.9. The second kappa shape index (κ2) is 8.90. The lowest BCUT2D eigenvalue weighted by atomic mass is 9.81. The first-order valence-electron chi connectivity index (χ1n) is 11.9. The molecule has 172 valence electrons. The van der Waals surface area contributed by atoms with Gasteiger partial charge in [0.25, 0.3) is 0 Å². The monoisotopic (exact) mass is 503 g/mol. The maximum absolute atomic E-state index is 13.9. The van der Waals surface area contributed by atoms with Gasteiger partial charge in [-0.2, -0.15) is 0 Å². The number of rotatable bonds is 8. The van der Waals surface area contributed by atoms with Gasteiger partial charge in [-0.05, 0) is 110 Å². The molecule has 3 fully saturated rings. The number of amides is 2. The van der Waals surface area contributed by atoms with Crippen LogP contribution in [0, 0.1) is 34.9 Å². The van der Waals surface area contributed by atoms with E-state index in [1.165, 1.54) is 32.0 Å². The molecule has 1 aromatic rings. The average Bonchev–Trinajstić information content (AvgIpc) is 3.13. The number of anilines is 1. The van der Waals surface area contributed by atoms with Gasteiger partial charge in [0.2, 0.25) is 11.8 Å². The van der Waals surface area contributed by atoms with Crippen molar-refractivity contribution in [2.75, 3.05) is 31.5 Å². The van der Waals surface area contributed by atoms with Crippen molar-refractivity contribution in [2.24, 2.45) is 29.1 Å². The van der Waals surface area contributed by atoms with E-state index in [1.54, 1.807) is 12.1 Å². The lowest BCUT2D eigenvalue weighted by molar-refractivity contribution is -0.132. The van der Waals surface area contributed by atoms with E-state index in [9.17, 15) is 14.0 Å². The van der Waals surface area contributed by atoms with E-state index >= 15 is 0 Å². The van der Waals surface area contributed by atoms with Gasteiger partial charge in [-0.15, -0.1) is 0 Å². The van der Waals surface area contributed by atoms with Gasteiger partial charge in [0.1, 0.15) is 5.82 Å². The molecule has 32 heavy (non-hydrogen) atoms. The molecule has 1 heterocycles. The van der Waals surface area contributed by atoms with Gasteiger partial charge in [-0.3, -0.25) is 9.59 Å². The van der Waals surface area contributed by atoms with E-state index in [4.69, 9.17) is 0 Å². The Labute approximate surface area is 197 Å². The largest absolute Gasteiger partial charge is 0.356 e. The number of likely N-dealkylation sites (tertiary alicyclic amines) is 1. The molecule has 4 atom stereocenters. The molecule has 4 aliphatic rings. The zero-order valence-electron chi connectivity index (χ0n) is 18.3. The van der Waals surface area contributed by atoms with Crippen molar-refractivity contribution in [3.8, 4) is 0 Å². The van der Waals surface area contributed by atoms with E-state index in [1.807, 2.05) is 0 Å². The normalized spacial score (nSPS) is 29.6. The minimum atomic E-state index is -0.419. The number of hydrogen-bond donors (Lipinski definition) is 2. The maximum Gasteiger partial charge on any atom is 0.228 e. The molecule has 0 unspecified atom stereocenters. The molecule has 1 aromatic carbocycles. The highest BCUT2D eigenvalue weighted by molar-refractivity contribution is 9.10. The van der Waals surface area contributed by atoms with Crippen molar-refractivity contribution >= 4 is 33.4 Å². The van der Waals surface area contributed by atoms with Gasteiger partial charge in [0.15, 0.2) is 0 Å². The molecule has 1 aliphatic heterocycles. The smallest absolute Gasteiger partial charge is 0.228 e. The summed E-state index contributed by atoms with van der Waals surface area (Å²) in [5, 5.41) is 6.00. The number of benzene rings is 1. The Morgan fingerprint density at radius 3 is 2.41 bits per heavy atom. The molecule has 3 aliphatic carbocycles. The van der Waals surface area contributed by atoms with Gasteiger partial charge in [-0.1, -0.05) is 12.2 Å². The number of unbranched alkanes of at least 4 members (excludes halogenated alkanes) is 1. The third-order valence-corrected chi connectivity index (χ3v) is 8.68. The first kappa shape index (κ1) is 22.1. The third kappa shape index (κ3) is 4.03. The van der Waals surface area contributed by atoms with Crippen LogP contribution in [-0.2, 0) is 9.59 Å². The summed E-state index contributed by atoms with van der Waals surface area (Å²) in [6.07, 6.45) is 11.1. The highest BCUT2D eigenvalue weighted by Gasteiger charge is 2.69. The Morgan fingerprint density at radius 2 is 1.75 bits per heavy atom. The molecule has 1 saturated heterocycles. The van der Waals surface area contributed by atoms with E-state index in [0.717, 1.165) is 32.2 Å². The minimum absolute atomic E-state index is 0.00330. The molecule has 5 nitrogen and oxygen atoms in total. The fourth-order valence-corrected chi connectivity index (χ4v) is 6.55. The molecule has 2 saturated carbocycles. The molecule has 0 radical (unpaired) electrons. The molecule has 2 amide bonds. The van der Waals surface area contributed by atoms with Gasteiger partial charge in [-0.25, -0.2) is 4.39 Å². The third-order valence-electron chi connectivity index (χ3n) is 8.03. The van der Waals surface area contributed by atoms with Crippen molar-refractivity contribution < 1.29 is 14.0 Å². The van der Waals surface area contributed by atoms with Crippen LogP contribution in [0.5, 0.6) is 0 Å². The molecule has 0 aromatic heterocycles. The molecular formula is C25H31BrFN3O2. The summed E-state index contributed by atoms with van der Waals surface area (Å²) in [5.74, 6) is -1.11. The Balaban J connectivity index is 1.22. The Kier molecular flexibility index (Phi) is 6.14. The van der Waals surface area contributed by atoms with Gasteiger partial charge >= 0.3 is 0 Å². The fraction of sp³-hybridized carbons (Fsp3) is 0.600. The number of carbonyl (C=O) groups excluding carboxylic acids is 2. The zero-order valence-corrected chi connectivity index (χ0v) is 19.9. The maximum atomic E-state index is 13.9. The Bertz CT molecular complexity index is 926. The second-order valence-electron chi connectivity index (χ2n) is 9.89. The number of nitrogens with zero attached hydrogens (tertiary/aromatic N) is 1. The van der Waals surface area contributed by atoms with Crippen molar-refractivity contribution in [3.05, 3.63) is 40.6 Å². The van der Waals surface area contributed by atoms with Crippen LogP contribution in [0.3, 0.4) is 0 Å².